The number of amides is 1. The van der Waals surface area contributed by atoms with E-state index >= 15 is 0 Å². The molecule has 2 aromatic heterocycles. The third kappa shape index (κ3) is 6.61. The first-order valence-corrected chi connectivity index (χ1v) is 11.4. The lowest BCUT2D eigenvalue weighted by Gasteiger charge is -2.11. The fourth-order valence-electron chi connectivity index (χ4n) is 3.57. The molecule has 0 saturated carbocycles. The molecule has 186 valence electrons. The van der Waals surface area contributed by atoms with E-state index in [0.717, 1.165) is 22.3 Å². The Morgan fingerprint density at radius 1 is 1.03 bits per heavy atom. The minimum atomic E-state index is -0.229. The number of fused-ring (bicyclic) bond motifs is 1. The van der Waals surface area contributed by atoms with E-state index in [4.69, 9.17) is 17.2 Å². The van der Waals surface area contributed by atoms with E-state index in [1.165, 1.54) is 0 Å². The monoisotopic (exact) mass is 493 g/mol. The zero-order valence-corrected chi connectivity index (χ0v) is 20.0. The number of aromatic nitrogens is 3. The number of nitrogen functional groups attached to an aromatic ring is 3. The summed E-state index contributed by atoms with van der Waals surface area (Å²) >= 11 is 0. The normalized spacial score (nSPS) is 11.4. The smallest absolute Gasteiger partial charge is 0.251 e. The molecule has 4 aromatic rings. The van der Waals surface area contributed by atoms with Gasteiger partial charge in [0, 0.05) is 52.5 Å². The molecule has 1 amide bonds. The lowest BCUT2D eigenvalue weighted by Crippen LogP contribution is -2.23. The molecule has 0 spiro atoms. The number of pyridine rings is 1. The van der Waals surface area contributed by atoms with Gasteiger partial charge in [-0.2, -0.15) is 9.97 Å². The van der Waals surface area contributed by atoms with E-state index in [1.54, 1.807) is 42.6 Å². The molecular weight excluding hydrogens is 466 g/mol. The molecule has 0 saturated heterocycles. The molecule has 2 aromatic carbocycles. The van der Waals surface area contributed by atoms with Crippen molar-refractivity contribution in [2.45, 2.75) is 0 Å². The second kappa shape index (κ2) is 11.4. The molecule has 37 heavy (non-hydrogen) atoms. The number of nitrogens with one attached hydrogen (secondary N) is 3. The highest BCUT2D eigenvalue weighted by Gasteiger charge is 2.07. The summed E-state index contributed by atoms with van der Waals surface area (Å²) in [5.41, 5.74) is 21.6. The quantitative estimate of drug-likeness (QED) is 0.149. The zero-order chi connectivity index (χ0) is 26.2. The number of nitrogens with zero attached hydrogens (tertiary/aromatic N) is 3. The van der Waals surface area contributed by atoms with Crippen LogP contribution in [-0.4, -0.2) is 27.4 Å². The Morgan fingerprint density at radius 3 is 2.70 bits per heavy atom. The van der Waals surface area contributed by atoms with Gasteiger partial charge < -0.3 is 33.2 Å². The van der Waals surface area contributed by atoms with Gasteiger partial charge in [0.05, 0.1) is 5.52 Å². The lowest BCUT2D eigenvalue weighted by molar-refractivity contribution is 0.0958. The molecule has 2 heterocycles. The summed E-state index contributed by atoms with van der Waals surface area (Å²) in [7, 11) is 0. The van der Waals surface area contributed by atoms with Gasteiger partial charge in [-0.25, -0.2) is 0 Å². The molecule has 0 bridgehead atoms. The number of benzene rings is 2. The van der Waals surface area contributed by atoms with Crippen molar-refractivity contribution in [3.05, 3.63) is 103 Å². The van der Waals surface area contributed by atoms with Crippen LogP contribution in [0.5, 0.6) is 0 Å². The van der Waals surface area contributed by atoms with Crippen molar-refractivity contribution >= 4 is 51.5 Å². The highest BCUT2D eigenvalue weighted by molar-refractivity contribution is 5.95. The summed E-state index contributed by atoms with van der Waals surface area (Å²) in [6.07, 6.45) is 8.95. The van der Waals surface area contributed by atoms with E-state index in [0.29, 0.717) is 29.3 Å². The van der Waals surface area contributed by atoms with Crippen molar-refractivity contribution in [2.75, 3.05) is 34.4 Å². The van der Waals surface area contributed by atoms with Crippen LogP contribution in [0.1, 0.15) is 10.4 Å². The molecule has 10 nitrogen and oxygen atoms in total. The summed E-state index contributed by atoms with van der Waals surface area (Å²) in [4.78, 5) is 25.0. The minimum absolute atomic E-state index is 0.0591. The molecule has 0 radical (unpaired) electrons. The summed E-state index contributed by atoms with van der Waals surface area (Å²) in [5.74, 6) is 0.511. The molecule has 0 aliphatic heterocycles. The van der Waals surface area contributed by atoms with Crippen LogP contribution in [0.2, 0.25) is 0 Å². The topological polar surface area (TPSA) is 170 Å². The first-order chi connectivity index (χ1) is 17.9. The molecule has 0 aliphatic carbocycles. The van der Waals surface area contributed by atoms with E-state index in [9.17, 15) is 4.79 Å². The SMILES string of the molecule is C=C/C=C(\C=C/CNC(=O)c1cccc(Nc2cc(N)nc(N)n2)c1)Nc1ccnc2ccc(N)cc12. The Labute approximate surface area is 214 Å². The lowest BCUT2D eigenvalue weighted by atomic mass is 10.1. The van der Waals surface area contributed by atoms with Gasteiger partial charge in [-0.05, 0) is 54.6 Å². The van der Waals surface area contributed by atoms with Crippen LogP contribution in [-0.2, 0) is 0 Å². The van der Waals surface area contributed by atoms with E-state index in [-0.39, 0.29) is 17.7 Å². The van der Waals surface area contributed by atoms with Gasteiger partial charge >= 0.3 is 0 Å². The molecule has 0 fully saturated rings. The summed E-state index contributed by atoms with van der Waals surface area (Å²) < 4.78 is 0. The minimum Gasteiger partial charge on any atom is -0.399 e. The standard InChI is InChI=1S/C27H27N9O/c1-2-5-19(33-23-11-13-31-22-10-9-18(28)15-21(22)23)8-4-12-32-26(37)17-6-3-7-20(14-17)34-25-16-24(29)35-27(30)36-25/h2-11,13-16H,1,12,28H2,(H,31,33)(H,32,37)(H5,29,30,34,35,36)/b8-4-,19-5+. The molecule has 4 rings (SSSR count). The second-order valence-corrected chi connectivity index (χ2v) is 7.97. The Balaban J connectivity index is 1.38. The van der Waals surface area contributed by atoms with E-state index < -0.39 is 0 Å². The maximum Gasteiger partial charge on any atom is 0.251 e. The van der Waals surface area contributed by atoms with Crippen molar-refractivity contribution in [3.63, 3.8) is 0 Å². The van der Waals surface area contributed by atoms with Gasteiger partial charge in [0.15, 0.2) is 0 Å². The third-order valence-corrected chi connectivity index (χ3v) is 5.18. The number of hydrogen-bond acceptors (Lipinski definition) is 9. The van der Waals surface area contributed by atoms with Crippen LogP contribution in [0.4, 0.5) is 34.6 Å². The Morgan fingerprint density at radius 2 is 1.89 bits per heavy atom. The van der Waals surface area contributed by atoms with Gasteiger partial charge in [0.25, 0.3) is 5.91 Å². The van der Waals surface area contributed by atoms with E-state index in [1.807, 2.05) is 42.5 Å². The van der Waals surface area contributed by atoms with Gasteiger partial charge in [0.1, 0.15) is 11.6 Å². The van der Waals surface area contributed by atoms with Crippen LogP contribution in [0, 0.1) is 0 Å². The zero-order valence-electron chi connectivity index (χ0n) is 20.0. The van der Waals surface area contributed by atoms with Crippen molar-refractivity contribution < 1.29 is 4.79 Å². The van der Waals surface area contributed by atoms with Gasteiger partial charge in [-0.3, -0.25) is 9.78 Å². The molecule has 0 unspecified atom stereocenters. The van der Waals surface area contributed by atoms with Crippen LogP contribution in [0.25, 0.3) is 10.9 Å². The Bertz CT molecular complexity index is 1490. The van der Waals surface area contributed by atoms with Gasteiger partial charge in [-0.15, -0.1) is 0 Å². The predicted molar refractivity (Wildman–Crippen MR) is 150 cm³/mol. The number of anilines is 6. The molecule has 9 N–H and O–H groups in total. The first kappa shape index (κ1) is 24.7. The van der Waals surface area contributed by atoms with Crippen LogP contribution < -0.4 is 33.2 Å². The van der Waals surface area contributed by atoms with E-state index in [2.05, 4.69) is 37.5 Å². The summed E-state index contributed by atoms with van der Waals surface area (Å²) in [6.45, 7) is 4.10. The Hall–Kier alpha value is -5.38. The number of allylic oxidation sites excluding steroid dienone is 3. The van der Waals surface area contributed by atoms with Crippen molar-refractivity contribution in [1.29, 1.82) is 0 Å². The maximum atomic E-state index is 12.7. The molecular formula is C27H27N9O. The number of hydrogen-bond donors (Lipinski definition) is 6. The molecule has 0 aliphatic rings. The highest BCUT2D eigenvalue weighted by atomic mass is 16.1. The maximum absolute atomic E-state index is 12.7. The second-order valence-electron chi connectivity index (χ2n) is 7.97. The third-order valence-electron chi connectivity index (χ3n) is 5.18. The van der Waals surface area contributed by atoms with Crippen LogP contribution >= 0.6 is 0 Å². The van der Waals surface area contributed by atoms with Gasteiger partial charge in [0.2, 0.25) is 5.95 Å². The fourth-order valence-corrected chi connectivity index (χ4v) is 3.57. The number of carbonyl (C=O) groups excluding carboxylic acids is 1. The first-order valence-electron chi connectivity index (χ1n) is 11.4. The largest absolute Gasteiger partial charge is 0.399 e. The van der Waals surface area contributed by atoms with Crippen LogP contribution in [0.3, 0.4) is 0 Å². The summed E-state index contributed by atoms with van der Waals surface area (Å²) in [6, 6.07) is 16.0. The Kier molecular flexibility index (Phi) is 7.60. The molecule has 0 atom stereocenters. The highest BCUT2D eigenvalue weighted by Crippen LogP contribution is 2.25. The van der Waals surface area contributed by atoms with Crippen LogP contribution in [0.15, 0.2) is 97.4 Å². The van der Waals surface area contributed by atoms with Crippen molar-refractivity contribution in [2.24, 2.45) is 0 Å². The molecule has 10 heteroatoms. The van der Waals surface area contributed by atoms with Gasteiger partial charge in [-0.1, -0.05) is 24.8 Å². The number of carbonyl (C=O) groups is 1. The van der Waals surface area contributed by atoms with Crippen molar-refractivity contribution in [3.8, 4) is 0 Å². The summed E-state index contributed by atoms with van der Waals surface area (Å²) in [5, 5.41) is 10.2. The fraction of sp³-hybridized carbons (Fsp3) is 0.0370. The number of nitrogens with two attached hydrogens (primary N) is 3. The average Bonchev–Trinajstić information content (AvgIpc) is 2.86. The van der Waals surface area contributed by atoms with Crippen molar-refractivity contribution in [1.82, 2.24) is 20.3 Å². The number of rotatable bonds is 9. The predicted octanol–water partition coefficient (Wildman–Crippen LogP) is 3.98. The average molecular weight is 494 g/mol.